The second kappa shape index (κ2) is 5.83. The highest BCUT2D eigenvalue weighted by atomic mass is 79.9. The van der Waals surface area contributed by atoms with E-state index in [0.717, 1.165) is 32.0 Å². The van der Waals surface area contributed by atoms with Crippen molar-refractivity contribution in [1.29, 1.82) is 0 Å². The van der Waals surface area contributed by atoms with E-state index in [2.05, 4.69) is 27.3 Å². The Balaban J connectivity index is 1.59. The molecule has 0 radical (unpaired) electrons. The predicted molar refractivity (Wildman–Crippen MR) is 101 cm³/mol. The Bertz CT molecular complexity index is 1060. The van der Waals surface area contributed by atoms with Gasteiger partial charge in [-0.15, -0.1) is 0 Å². The molecule has 2 heterocycles. The number of carbonyl (C=O) groups is 1. The van der Waals surface area contributed by atoms with E-state index in [1.54, 1.807) is 0 Å². The Morgan fingerprint density at radius 3 is 2.83 bits per heavy atom. The Hall–Kier alpha value is -2.53. The highest BCUT2D eigenvalue weighted by Gasteiger charge is 2.10. The van der Waals surface area contributed by atoms with Crippen molar-refractivity contribution in [2.75, 3.05) is 5.32 Å². The van der Waals surface area contributed by atoms with E-state index in [1.165, 1.54) is 0 Å². The van der Waals surface area contributed by atoms with Crippen LogP contribution in [0.4, 0.5) is 5.69 Å². The molecule has 4 aromatic rings. The maximum atomic E-state index is 12.5. The van der Waals surface area contributed by atoms with Crippen molar-refractivity contribution in [3.63, 3.8) is 0 Å². The van der Waals surface area contributed by atoms with Gasteiger partial charge in [0.05, 0.1) is 5.69 Å². The maximum Gasteiger partial charge on any atom is 0.244 e. The van der Waals surface area contributed by atoms with E-state index >= 15 is 0 Å². The van der Waals surface area contributed by atoms with Gasteiger partial charge < -0.3 is 14.5 Å². The summed E-state index contributed by atoms with van der Waals surface area (Å²) in [5, 5.41) is 5.19. The van der Waals surface area contributed by atoms with Crippen LogP contribution in [0.2, 0.25) is 0 Å². The third-order valence-electron chi connectivity index (χ3n) is 4.25. The van der Waals surface area contributed by atoms with Crippen LogP contribution in [0.5, 0.6) is 0 Å². The number of amides is 1. The van der Waals surface area contributed by atoms with Gasteiger partial charge in [0.2, 0.25) is 5.91 Å². The van der Waals surface area contributed by atoms with Crippen LogP contribution in [0.15, 0.2) is 65.4 Å². The molecule has 0 fully saturated rings. The zero-order valence-corrected chi connectivity index (χ0v) is 14.7. The number of anilines is 1. The summed E-state index contributed by atoms with van der Waals surface area (Å²) in [6.07, 6.45) is 3.94. The van der Waals surface area contributed by atoms with E-state index in [0.29, 0.717) is 0 Å². The molecule has 0 aliphatic heterocycles. The topological polar surface area (TPSA) is 39.0 Å². The summed E-state index contributed by atoms with van der Waals surface area (Å²) in [6, 6.07) is 16.0. The molecule has 1 amide bonds. The number of carbonyl (C=O) groups excluding carboxylic acids is 1. The molecule has 2 aromatic carbocycles. The molecule has 4 rings (SSSR count). The van der Waals surface area contributed by atoms with Crippen LogP contribution in [0.3, 0.4) is 0 Å². The van der Waals surface area contributed by atoms with Crippen molar-refractivity contribution in [3.8, 4) is 0 Å². The summed E-state index contributed by atoms with van der Waals surface area (Å²) in [5.74, 6) is -0.0354. The smallest absolute Gasteiger partial charge is 0.244 e. The van der Waals surface area contributed by atoms with E-state index in [4.69, 9.17) is 0 Å². The van der Waals surface area contributed by atoms with Gasteiger partial charge in [-0.05, 0) is 42.5 Å². The van der Waals surface area contributed by atoms with Crippen LogP contribution in [0, 0.1) is 0 Å². The van der Waals surface area contributed by atoms with Gasteiger partial charge in [0.15, 0.2) is 0 Å². The third kappa shape index (κ3) is 2.61. The summed E-state index contributed by atoms with van der Waals surface area (Å²) in [7, 11) is 2.00. The van der Waals surface area contributed by atoms with Gasteiger partial charge >= 0.3 is 0 Å². The molecule has 24 heavy (non-hydrogen) atoms. The number of hydrogen-bond acceptors (Lipinski definition) is 1. The summed E-state index contributed by atoms with van der Waals surface area (Å²) >= 11 is 3.47. The molecule has 0 saturated carbocycles. The first-order valence-corrected chi connectivity index (χ1v) is 8.49. The first-order valence-electron chi connectivity index (χ1n) is 7.70. The van der Waals surface area contributed by atoms with Gasteiger partial charge in [-0.25, -0.2) is 0 Å². The Kier molecular flexibility index (Phi) is 3.65. The van der Waals surface area contributed by atoms with Crippen molar-refractivity contribution in [2.24, 2.45) is 7.05 Å². The molecule has 4 nitrogen and oxygen atoms in total. The summed E-state index contributed by atoms with van der Waals surface area (Å²) in [6.45, 7) is 0.286. The van der Waals surface area contributed by atoms with Crippen molar-refractivity contribution >= 4 is 49.3 Å². The minimum atomic E-state index is -0.0354. The number of halogens is 1. The van der Waals surface area contributed by atoms with Crippen molar-refractivity contribution in [1.82, 2.24) is 9.13 Å². The molecular formula is C19H16BrN3O. The molecule has 1 N–H and O–H groups in total. The average Bonchev–Trinajstić information content (AvgIpc) is 3.12. The number of aryl methyl sites for hydroxylation is 1. The maximum absolute atomic E-state index is 12.5. The second-order valence-corrected chi connectivity index (χ2v) is 6.78. The van der Waals surface area contributed by atoms with E-state index in [-0.39, 0.29) is 12.5 Å². The molecule has 0 bridgehead atoms. The van der Waals surface area contributed by atoms with Gasteiger partial charge in [-0.2, -0.15) is 0 Å². The van der Waals surface area contributed by atoms with Crippen molar-refractivity contribution in [2.45, 2.75) is 6.54 Å². The lowest BCUT2D eigenvalue weighted by Crippen LogP contribution is -2.18. The molecule has 0 aliphatic rings. The standard InChI is InChI=1S/C19H16BrN3O/c1-22-9-8-15-16(3-2-4-18(15)22)21-19(24)12-23-10-7-13-11-14(20)5-6-17(13)23/h2-11H,12H2,1H3,(H,21,24). The molecule has 2 aromatic heterocycles. The fourth-order valence-corrected chi connectivity index (χ4v) is 3.44. The fraction of sp³-hybridized carbons (Fsp3) is 0.105. The highest BCUT2D eigenvalue weighted by Crippen LogP contribution is 2.24. The number of rotatable bonds is 3. The molecule has 0 spiro atoms. The molecule has 0 unspecified atom stereocenters. The molecule has 0 aliphatic carbocycles. The SMILES string of the molecule is Cn1ccc2c(NC(=O)Cn3ccc4cc(Br)ccc43)cccc21. The number of nitrogens with zero attached hydrogens (tertiary/aromatic N) is 2. The van der Waals surface area contributed by atoms with Gasteiger partial charge in [0.1, 0.15) is 6.54 Å². The van der Waals surface area contributed by atoms with Crippen LogP contribution in [-0.4, -0.2) is 15.0 Å². The number of aromatic nitrogens is 2. The third-order valence-corrected chi connectivity index (χ3v) is 4.74. The Labute approximate surface area is 147 Å². The zero-order chi connectivity index (χ0) is 16.7. The van der Waals surface area contributed by atoms with Crippen LogP contribution in [0.1, 0.15) is 0 Å². The van der Waals surface area contributed by atoms with Gasteiger partial charge in [-0.1, -0.05) is 22.0 Å². The minimum absolute atomic E-state index is 0.0354. The van der Waals surface area contributed by atoms with Crippen LogP contribution in [0.25, 0.3) is 21.8 Å². The monoisotopic (exact) mass is 381 g/mol. The molecular weight excluding hydrogens is 366 g/mol. The molecule has 5 heteroatoms. The highest BCUT2D eigenvalue weighted by molar-refractivity contribution is 9.10. The first kappa shape index (κ1) is 15.0. The van der Waals surface area contributed by atoms with Crippen LogP contribution < -0.4 is 5.32 Å². The molecule has 0 saturated heterocycles. The van der Waals surface area contributed by atoms with Crippen molar-refractivity contribution in [3.05, 3.63) is 65.4 Å². The lowest BCUT2D eigenvalue weighted by atomic mass is 10.2. The van der Waals surface area contributed by atoms with Crippen molar-refractivity contribution < 1.29 is 4.79 Å². The fourth-order valence-electron chi connectivity index (χ4n) is 3.06. The lowest BCUT2D eigenvalue weighted by Gasteiger charge is -2.09. The average molecular weight is 382 g/mol. The quantitative estimate of drug-likeness (QED) is 0.556. The van der Waals surface area contributed by atoms with E-state index < -0.39 is 0 Å². The number of hydrogen-bond donors (Lipinski definition) is 1. The minimum Gasteiger partial charge on any atom is -0.350 e. The molecule has 0 atom stereocenters. The number of fused-ring (bicyclic) bond motifs is 2. The Morgan fingerprint density at radius 2 is 1.96 bits per heavy atom. The normalized spacial score (nSPS) is 11.2. The van der Waals surface area contributed by atoms with Crippen LogP contribution in [-0.2, 0) is 18.4 Å². The number of nitrogens with one attached hydrogen (secondary N) is 1. The van der Waals surface area contributed by atoms with Gasteiger partial charge in [0, 0.05) is 45.7 Å². The largest absolute Gasteiger partial charge is 0.350 e. The summed E-state index contributed by atoms with van der Waals surface area (Å²) in [5.41, 5.74) is 2.99. The first-order chi connectivity index (χ1) is 11.6. The Morgan fingerprint density at radius 1 is 1.08 bits per heavy atom. The molecule has 120 valence electrons. The summed E-state index contributed by atoms with van der Waals surface area (Å²) in [4.78, 5) is 12.5. The predicted octanol–water partition coefficient (Wildman–Crippen LogP) is 4.53. The van der Waals surface area contributed by atoms with E-state index in [9.17, 15) is 4.79 Å². The van der Waals surface area contributed by atoms with Gasteiger partial charge in [0.25, 0.3) is 0 Å². The van der Waals surface area contributed by atoms with Crippen LogP contribution >= 0.6 is 15.9 Å². The van der Waals surface area contributed by atoms with Gasteiger partial charge in [-0.3, -0.25) is 4.79 Å². The zero-order valence-electron chi connectivity index (χ0n) is 13.2. The second-order valence-electron chi connectivity index (χ2n) is 5.86. The van der Waals surface area contributed by atoms with E-state index in [1.807, 2.05) is 71.0 Å². The summed E-state index contributed by atoms with van der Waals surface area (Å²) < 4.78 is 5.04. The number of benzene rings is 2. The lowest BCUT2D eigenvalue weighted by molar-refractivity contribution is -0.116.